The van der Waals surface area contributed by atoms with E-state index < -0.39 is 18.9 Å². The number of hydrogen-bond acceptors (Lipinski definition) is 3. The van der Waals surface area contributed by atoms with E-state index >= 15 is 0 Å². The van der Waals surface area contributed by atoms with E-state index in [9.17, 15) is 23.2 Å². The minimum absolute atomic E-state index is 0.206. The highest BCUT2D eigenvalue weighted by Gasteiger charge is 2.30. The van der Waals surface area contributed by atoms with Gasteiger partial charge < -0.3 is 10.0 Å². The molecule has 0 aliphatic carbocycles. The molecule has 104 valence electrons. The average Bonchev–Trinajstić information content (AvgIpc) is 2.37. The van der Waals surface area contributed by atoms with Crippen LogP contribution < -0.4 is 5.46 Å². The van der Waals surface area contributed by atoms with Crippen LogP contribution in [0.4, 0.5) is 13.2 Å². The molecule has 0 bridgehead atoms. The third kappa shape index (κ3) is 2.83. The Hall–Kier alpha value is -1.86. The molecule has 0 aliphatic heterocycles. The van der Waals surface area contributed by atoms with Gasteiger partial charge in [0.25, 0.3) is 0 Å². The molecule has 7 heteroatoms. The summed E-state index contributed by atoms with van der Waals surface area (Å²) in [5.74, 6) is 0. The van der Waals surface area contributed by atoms with Gasteiger partial charge in [-0.05, 0) is 36.1 Å². The van der Waals surface area contributed by atoms with E-state index in [0.29, 0.717) is 16.8 Å². The average molecular weight is 281 g/mol. The number of rotatable bonds is 2. The van der Waals surface area contributed by atoms with Crippen molar-refractivity contribution >= 4 is 12.6 Å². The molecule has 0 saturated heterocycles. The fourth-order valence-corrected chi connectivity index (χ4v) is 2.00. The summed E-state index contributed by atoms with van der Waals surface area (Å²) in [5.41, 5.74) is 0.837. The lowest BCUT2D eigenvalue weighted by atomic mass is 9.75. The van der Waals surface area contributed by atoms with Crippen molar-refractivity contribution in [1.29, 1.82) is 0 Å². The topological polar surface area (TPSA) is 53.4 Å². The Morgan fingerprint density at radius 1 is 1.05 bits per heavy atom. The van der Waals surface area contributed by atoms with E-state index in [1.807, 2.05) is 0 Å². The summed E-state index contributed by atoms with van der Waals surface area (Å²) >= 11 is 0. The number of benzene rings is 1. The second-order valence-corrected chi connectivity index (χ2v) is 4.31. The quantitative estimate of drug-likeness (QED) is 0.825. The van der Waals surface area contributed by atoms with Crippen molar-refractivity contribution < 1.29 is 23.2 Å². The highest BCUT2D eigenvalue weighted by atomic mass is 19.4. The zero-order valence-corrected chi connectivity index (χ0v) is 10.5. The van der Waals surface area contributed by atoms with Crippen molar-refractivity contribution in [3.63, 3.8) is 0 Å². The summed E-state index contributed by atoms with van der Waals surface area (Å²) in [6, 6.07) is 5.91. The predicted octanol–water partition coefficient (Wildman–Crippen LogP) is 1.76. The molecular weight excluding hydrogens is 270 g/mol. The lowest BCUT2D eigenvalue weighted by Crippen LogP contribution is -2.32. The van der Waals surface area contributed by atoms with Crippen LogP contribution in [0.25, 0.3) is 11.1 Å². The molecule has 2 aromatic rings. The van der Waals surface area contributed by atoms with Crippen molar-refractivity contribution in [2.45, 2.75) is 13.1 Å². The second kappa shape index (κ2) is 5.26. The van der Waals surface area contributed by atoms with E-state index in [2.05, 4.69) is 4.98 Å². The van der Waals surface area contributed by atoms with Crippen molar-refractivity contribution in [2.24, 2.45) is 0 Å². The fraction of sp³-hybridized carbons (Fsp3) is 0.154. The summed E-state index contributed by atoms with van der Waals surface area (Å²) < 4.78 is 37.5. The minimum atomic E-state index is -4.40. The Bertz CT molecular complexity index is 612. The summed E-state index contributed by atoms with van der Waals surface area (Å²) in [6.07, 6.45) is -2.99. The Labute approximate surface area is 113 Å². The maximum Gasteiger partial charge on any atom is 0.489 e. The van der Waals surface area contributed by atoms with E-state index in [4.69, 9.17) is 0 Å². The van der Waals surface area contributed by atoms with Gasteiger partial charge in [-0.25, -0.2) is 0 Å². The molecule has 0 spiro atoms. The maximum absolute atomic E-state index is 12.5. The molecule has 3 nitrogen and oxygen atoms in total. The van der Waals surface area contributed by atoms with Crippen molar-refractivity contribution in [2.75, 3.05) is 0 Å². The van der Waals surface area contributed by atoms with Gasteiger partial charge in [-0.15, -0.1) is 0 Å². The maximum atomic E-state index is 12.5. The predicted molar refractivity (Wildman–Crippen MR) is 69.2 cm³/mol. The number of aryl methyl sites for hydroxylation is 1. The van der Waals surface area contributed by atoms with Crippen LogP contribution in [0.1, 0.15) is 11.3 Å². The van der Waals surface area contributed by atoms with E-state index in [-0.39, 0.29) is 5.46 Å². The lowest BCUT2D eigenvalue weighted by Gasteiger charge is -2.13. The molecule has 0 saturated carbocycles. The Morgan fingerprint density at radius 3 is 2.15 bits per heavy atom. The van der Waals surface area contributed by atoms with Gasteiger partial charge in [0.2, 0.25) is 0 Å². The normalized spacial score (nSPS) is 11.5. The van der Waals surface area contributed by atoms with E-state index in [1.54, 1.807) is 6.92 Å². The number of aromatic nitrogens is 1. The molecule has 1 aromatic carbocycles. The van der Waals surface area contributed by atoms with Gasteiger partial charge in [0.1, 0.15) is 0 Å². The molecule has 2 N–H and O–H groups in total. The molecule has 20 heavy (non-hydrogen) atoms. The van der Waals surface area contributed by atoms with Crippen LogP contribution >= 0.6 is 0 Å². The van der Waals surface area contributed by atoms with Crippen LogP contribution in [0.15, 0.2) is 36.5 Å². The first-order chi connectivity index (χ1) is 9.30. The first kappa shape index (κ1) is 14.6. The molecule has 0 fully saturated rings. The minimum Gasteiger partial charge on any atom is -0.423 e. The largest absolute Gasteiger partial charge is 0.489 e. The first-order valence-electron chi connectivity index (χ1n) is 5.80. The Kier molecular flexibility index (Phi) is 3.83. The van der Waals surface area contributed by atoms with E-state index in [0.717, 1.165) is 12.1 Å². The van der Waals surface area contributed by atoms with Crippen molar-refractivity contribution in [1.82, 2.24) is 4.98 Å². The van der Waals surface area contributed by atoms with Crippen molar-refractivity contribution in [3.05, 3.63) is 47.8 Å². The van der Waals surface area contributed by atoms with E-state index in [1.165, 1.54) is 24.4 Å². The van der Waals surface area contributed by atoms with Crippen LogP contribution in [0, 0.1) is 6.92 Å². The number of alkyl halides is 3. The fourth-order valence-electron chi connectivity index (χ4n) is 2.00. The van der Waals surface area contributed by atoms with Crippen LogP contribution in [-0.4, -0.2) is 22.2 Å². The molecule has 1 aromatic heterocycles. The molecule has 0 radical (unpaired) electrons. The second-order valence-electron chi connectivity index (χ2n) is 4.31. The third-order valence-corrected chi connectivity index (χ3v) is 2.95. The van der Waals surface area contributed by atoms with Gasteiger partial charge in [-0.2, -0.15) is 13.2 Å². The lowest BCUT2D eigenvalue weighted by molar-refractivity contribution is -0.137. The third-order valence-electron chi connectivity index (χ3n) is 2.95. The zero-order valence-electron chi connectivity index (χ0n) is 10.5. The summed E-state index contributed by atoms with van der Waals surface area (Å²) in [6.45, 7) is 1.65. The van der Waals surface area contributed by atoms with Gasteiger partial charge in [-0.3, -0.25) is 4.98 Å². The van der Waals surface area contributed by atoms with Gasteiger partial charge in [0.05, 0.1) is 5.56 Å². The summed E-state index contributed by atoms with van der Waals surface area (Å²) in [4.78, 5) is 4.03. The van der Waals surface area contributed by atoms with Gasteiger partial charge in [0, 0.05) is 17.5 Å². The first-order valence-corrected chi connectivity index (χ1v) is 5.80. The standard InChI is InChI=1S/C13H11BF3NO2/c1-8-12(11(14(19)20)6-7-18-8)9-2-4-10(5-3-9)13(15,16)17/h2-7,19-20H,1H3. The highest BCUT2D eigenvalue weighted by Crippen LogP contribution is 2.31. The van der Waals surface area contributed by atoms with Gasteiger partial charge in [0.15, 0.2) is 0 Å². The Morgan fingerprint density at radius 2 is 1.65 bits per heavy atom. The highest BCUT2D eigenvalue weighted by molar-refractivity contribution is 6.60. The Balaban J connectivity index is 2.52. The van der Waals surface area contributed by atoms with Crippen LogP contribution in [0.2, 0.25) is 0 Å². The molecule has 0 amide bonds. The number of pyridine rings is 1. The van der Waals surface area contributed by atoms with Gasteiger partial charge >= 0.3 is 13.3 Å². The summed E-state index contributed by atoms with van der Waals surface area (Å²) in [5, 5.41) is 18.6. The molecular formula is C13H11BF3NO2. The smallest absolute Gasteiger partial charge is 0.423 e. The molecule has 1 heterocycles. The van der Waals surface area contributed by atoms with Crippen LogP contribution in [0.5, 0.6) is 0 Å². The number of nitrogens with zero attached hydrogens (tertiary/aromatic N) is 1. The van der Waals surface area contributed by atoms with Crippen LogP contribution in [0.3, 0.4) is 0 Å². The van der Waals surface area contributed by atoms with Gasteiger partial charge in [-0.1, -0.05) is 12.1 Å². The molecule has 0 aliphatic rings. The number of hydrogen-bond donors (Lipinski definition) is 2. The SMILES string of the molecule is Cc1nccc(B(O)O)c1-c1ccc(C(F)(F)F)cc1. The monoisotopic (exact) mass is 281 g/mol. The molecule has 2 rings (SSSR count). The summed E-state index contributed by atoms with van der Waals surface area (Å²) in [7, 11) is -1.71. The zero-order chi connectivity index (χ0) is 14.9. The molecule has 0 atom stereocenters. The van der Waals surface area contributed by atoms with Crippen molar-refractivity contribution in [3.8, 4) is 11.1 Å². The van der Waals surface area contributed by atoms with Crippen LogP contribution in [-0.2, 0) is 6.18 Å². The molecule has 0 unspecified atom stereocenters. The number of halogens is 3.